The number of anilines is 1. The van der Waals surface area contributed by atoms with Crippen LogP contribution in [0.1, 0.15) is 19.8 Å². The van der Waals surface area contributed by atoms with Gasteiger partial charge in [-0.2, -0.15) is 0 Å². The van der Waals surface area contributed by atoms with E-state index in [1.54, 1.807) is 14.2 Å². The van der Waals surface area contributed by atoms with E-state index in [9.17, 15) is 0 Å². The van der Waals surface area contributed by atoms with Crippen molar-refractivity contribution in [1.82, 2.24) is 5.32 Å². The summed E-state index contributed by atoms with van der Waals surface area (Å²) in [6, 6.07) is 6.02. The number of nitrogens with zero attached hydrogens (tertiary/aromatic N) is 1. The Bertz CT molecular complexity index is 436. The highest BCUT2D eigenvalue weighted by Gasteiger charge is 2.30. The van der Waals surface area contributed by atoms with Gasteiger partial charge in [-0.25, -0.2) is 0 Å². The number of piperidine rings is 1. The van der Waals surface area contributed by atoms with E-state index >= 15 is 0 Å². The molecule has 1 saturated heterocycles. The lowest BCUT2D eigenvalue weighted by Gasteiger charge is -2.42. The molecule has 19 heavy (non-hydrogen) atoms. The van der Waals surface area contributed by atoms with Gasteiger partial charge in [-0.1, -0.05) is 0 Å². The van der Waals surface area contributed by atoms with Crippen LogP contribution in [0.15, 0.2) is 18.2 Å². The van der Waals surface area contributed by atoms with Gasteiger partial charge in [-0.3, -0.25) is 0 Å². The largest absolute Gasteiger partial charge is 0.497 e. The maximum atomic E-state index is 5.50. The monoisotopic (exact) mass is 264 g/mol. The molecular weight excluding hydrogens is 240 g/mol. The third-order valence-electron chi connectivity index (χ3n) is 4.03. The molecule has 0 radical (unpaired) electrons. The van der Waals surface area contributed by atoms with Crippen LogP contribution in [0.3, 0.4) is 0 Å². The average molecular weight is 264 g/mol. The number of hydrogen-bond acceptors (Lipinski definition) is 4. The fourth-order valence-electron chi connectivity index (χ4n) is 2.70. The molecule has 1 heterocycles. The van der Waals surface area contributed by atoms with Crippen molar-refractivity contribution in [1.29, 1.82) is 0 Å². The molecule has 4 heteroatoms. The molecule has 0 aromatic heterocycles. The van der Waals surface area contributed by atoms with E-state index in [1.807, 2.05) is 19.2 Å². The minimum absolute atomic E-state index is 0.170. The predicted octanol–water partition coefficient (Wildman–Crippen LogP) is 2.28. The Morgan fingerprint density at radius 2 is 2.05 bits per heavy atom. The van der Waals surface area contributed by atoms with Crippen LogP contribution in [-0.2, 0) is 0 Å². The van der Waals surface area contributed by atoms with Crippen molar-refractivity contribution in [3.8, 4) is 11.5 Å². The van der Waals surface area contributed by atoms with Gasteiger partial charge in [-0.15, -0.1) is 0 Å². The summed E-state index contributed by atoms with van der Waals surface area (Å²) in [4.78, 5) is 2.39. The van der Waals surface area contributed by atoms with Crippen LogP contribution in [0.5, 0.6) is 11.5 Å². The van der Waals surface area contributed by atoms with Crippen LogP contribution in [0.25, 0.3) is 0 Å². The molecule has 0 saturated carbocycles. The molecule has 1 aliphatic heterocycles. The maximum Gasteiger partial charge on any atom is 0.145 e. The Morgan fingerprint density at radius 3 is 2.68 bits per heavy atom. The quantitative estimate of drug-likeness (QED) is 0.904. The van der Waals surface area contributed by atoms with E-state index in [0.717, 1.165) is 30.3 Å². The van der Waals surface area contributed by atoms with Crippen molar-refractivity contribution >= 4 is 5.69 Å². The van der Waals surface area contributed by atoms with Crippen LogP contribution < -0.4 is 19.7 Å². The molecule has 1 aliphatic rings. The van der Waals surface area contributed by atoms with Gasteiger partial charge in [0.2, 0.25) is 0 Å². The van der Waals surface area contributed by atoms with Crippen molar-refractivity contribution in [2.24, 2.45) is 0 Å². The number of rotatable bonds is 4. The summed E-state index contributed by atoms with van der Waals surface area (Å²) >= 11 is 0. The van der Waals surface area contributed by atoms with Crippen LogP contribution in [0.4, 0.5) is 5.69 Å². The maximum absolute atomic E-state index is 5.50. The Labute approximate surface area is 115 Å². The molecule has 1 aromatic rings. The zero-order chi connectivity index (χ0) is 13.9. The zero-order valence-corrected chi connectivity index (χ0v) is 12.3. The molecule has 0 amide bonds. The van der Waals surface area contributed by atoms with Crippen LogP contribution in [0, 0.1) is 0 Å². The highest BCUT2D eigenvalue weighted by Crippen LogP contribution is 2.35. The lowest BCUT2D eigenvalue weighted by molar-refractivity contribution is 0.314. The molecule has 0 bridgehead atoms. The third kappa shape index (κ3) is 2.95. The topological polar surface area (TPSA) is 33.7 Å². The fraction of sp³-hybridized carbons (Fsp3) is 0.600. The molecule has 1 aromatic carbocycles. The van der Waals surface area contributed by atoms with Gasteiger partial charge in [0.15, 0.2) is 0 Å². The second kappa shape index (κ2) is 5.70. The molecule has 1 fully saturated rings. The first-order valence-corrected chi connectivity index (χ1v) is 6.78. The molecule has 1 atom stereocenters. The number of nitrogens with one attached hydrogen (secondary N) is 1. The number of likely N-dealkylation sites (N-methyl/N-ethyl adjacent to an activating group) is 1. The van der Waals surface area contributed by atoms with Gasteiger partial charge < -0.3 is 19.7 Å². The second-order valence-electron chi connectivity index (χ2n) is 5.37. The Kier molecular flexibility index (Phi) is 4.20. The van der Waals surface area contributed by atoms with E-state index in [1.165, 1.54) is 12.8 Å². The lowest BCUT2D eigenvalue weighted by Crippen LogP contribution is -2.53. The summed E-state index contributed by atoms with van der Waals surface area (Å²) in [7, 11) is 5.42. The highest BCUT2D eigenvalue weighted by molar-refractivity contribution is 5.61. The average Bonchev–Trinajstić information content (AvgIpc) is 2.46. The highest BCUT2D eigenvalue weighted by atomic mass is 16.5. The standard InChI is InChI=1S/C15H24N2O2/c1-15(16-2)8-5-9-17(11-15)13-7-6-12(18-3)10-14(13)19-4/h6-7,10,16H,5,8-9,11H2,1-4H3. The van der Waals surface area contributed by atoms with Gasteiger partial charge in [-0.05, 0) is 38.9 Å². The minimum Gasteiger partial charge on any atom is -0.497 e. The molecule has 1 N–H and O–H groups in total. The van der Waals surface area contributed by atoms with E-state index in [4.69, 9.17) is 9.47 Å². The van der Waals surface area contributed by atoms with Crippen molar-refractivity contribution in [2.75, 3.05) is 39.3 Å². The zero-order valence-electron chi connectivity index (χ0n) is 12.3. The summed E-state index contributed by atoms with van der Waals surface area (Å²) in [5.41, 5.74) is 1.31. The fourth-order valence-corrected chi connectivity index (χ4v) is 2.70. The van der Waals surface area contributed by atoms with E-state index in [2.05, 4.69) is 23.2 Å². The first-order chi connectivity index (χ1) is 9.11. The summed E-state index contributed by atoms with van der Waals surface area (Å²) in [6.45, 7) is 4.33. The number of methoxy groups -OCH3 is 2. The van der Waals surface area contributed by atoms with Crippen molar-refractivity contribution in [3.63, 3.8) is 0 Å². The van der Waals surface area contributed by atoms with Crippen molar-refractivity contribution < 1.29 is 9.47 Å². The van der Waals surface area contributed by atoms with Crippen LogP contribution in [-0.4, -0.2) is 39.9 Å². The smallest absolute Gasteiger partial charge is 0.145 e. The third-order valence-corrected chi connectivity index (χ3v) is 4.03. The molecule has 1 unspecified atom stereocenters. The van der Waals surface area contributed by atoms with E-state index in [-0.39, 0.29) is 5.54 Å². The SMILES string of the molecule is CNC1(C)CCCN(c2ccc(OC)cc2OC)C1. The summed E-state index contributed by atoms with van der Waals surface area (Å²) in [5.74, 6) is 1.70. The van der Waals surface area contributed by atoms with Crippen molar-refractivity contribution in [3.05, 3.63) is 18.2 Å². The lowest BCUT2D eigenvalue weighted by atomic mass is 9.91. The van der Waals surface area contributed by atoms with E-state index < -0.39 is 0 Å². The van der Waals surface area contributed by atoms with E-state index in [0.29, 0.717) is 0 Å². The van der Waals surface area contributed by atoms with Crippen LogP contribution >= 0.6 is 0 Å². The van der Waals surface area contributed by atoms with Gasteiger partial charge >= 0.3 is 0 Å². The number of ether oxygens (including phenoxy) is 2. The number of hydrogen-bond donors (Lipinski definition) is 1. The minimum atomic E-state index is 0.170. The summed E-state index contributed by atoms with van der Waals surface area (Å²) in [6.07, 6.45) is 2.39. The molecule has 0 aliphatic carbocycles. The number of benzene rings is 1. The van der Waals surface area contributed by atoms with Gasteiger partial charge in [0.05, 0.1) is 19.9 Å². The first-order valence-electron chi connectivity index (χ1n) is 6.78. The molecule has 2 rings (SSSR count). The molecule has 0 spiro atoms. The van der Waals surface area contributed by atoms with Crippen LogP contribution in [0.2, 0.25) is 0 Å². The predicted molar refractivity (Wildman–Crippen MR) is 78.5 cm³/mol. The molecular formula is C15H24N2O2. The van der Waals surface area contributed by atoms with Gasteiger partial charge in [0.25, 0.3) is 0 Å². The van der Waals surface area contributed by atoms with Gasteiger partial charge in [0.1, 0.15) is 11.5 Å². The first kappa shape index (κ1) is 14.0. The second-order valence-corrected chi connectivity index (χ2v) is 5.37. The van der Waals surface area contributed by atoms with Gasteiger partial charge in [0, 0.05) is 24.7 Å². The summed E-state index contributed by atoms with van der Waals surface area (Å²) in [5, 5.41) is 3.43. The molecule has 4 nitrogen and oxygen atoms in total. The summed E-state index contributed by atoms with van der Waals surface area (Å²) < 4.78 is 10.8. The Morgan fingerprint density at radius 1 is 1.26 bits per heavy atom. The van der Waals surface area contributed by atoms with Crippen molar-refractivity contribution in [2.45, 2.75) is 25.3 Å². The Hall–Kier alpha value is -1.42. The normalized spacial score (nSPS) is 23.3. The molecule has 106 valence electrons. The Balaban J connectivity index is 2.25.